The molecule has 0 atom stereocenters. The van der Waals surface area contributed by atoms with Crippen molar-refractivity contribution < 1.29 is 14.0 Å². The van der Waals surface area contributed by atoms with Crippen LogP contribution in [0.4, 0.5) is 5.69 Å². The van der Waals surface area contributed by atoms with Gasteiger partial charge in [-0.1, -0.05) is 18.6 Å². The van der Waals surface area contributed by atoms with Gasteiger partial charge in [0.25, 0.3) is 0 Å². The second kappa shape index (κ2) is 7.96. The van der Waals surface area contributed by atoms with E-state index >= 15 is 0 Å². The van der Waals surface area contributed by atoms with E-state index in [4.69, 9.17) is 4.42 Å². The number of thiophene rings is 1. The van der Waals surface area contributed by atoms with Gasteiger partial charge in [0.05, 0.1) is 20.9 Å². The number of likely N-dealkylation sites (tertiary alicyclic amines) is 1. The lowest BCUT2D eigenvalue weighted by Crippen LogP contribution is -2.37. The van der Waals surface area contributed by atoms with Gasteiger partial charge in [0, 0.05) is 5.39 Å². The van der Waals surface area contributed by atoms with E-state index in [1.54, 1.807) is 12.1 Å². The van der Waals surface area contributed by atoms with Crippen LogP contribution in [-0.2, 0) is 4.79 Å². The summed E-state index contributed by atoms with van der Waals surface area (Å²) in [6, 6.07) is 11.0. The van der Waals surface area contributed by atoms with Crippen LogP contribution in [0.5, 0.6) is 0 Å². The fourth-order valence-electron chi connectivity index (χ4n) is 3.38. The molecule has 1 aliphatic heterocycles. The molecule has 1 amide bonds. The molecule has 1 aromatic carbocycles. The summed E-state index contributed by atoms with van der Waals surface area (Å²) >= 11 is 4.72. The molecule has 3 heterocycles. The number of benzene rings is 1. The Morgan fingerprint density at radius 1 is 1.11 bits per heavy atom. The van der Waals surface area contributed by atoms with Crippen molar-refractivity contribution >= 4 is 55.6 Å². The van der Waals surface area contributed by atoms with Gasteiger partial charge in [-0.2, -0.15) is 0 Å². The van der Waals surface area contributed by atoms with E-state index in [0.29, 0.717) is 22.7 Å². The fraction of sp³-hybridized carbons (Fsp3) is 0.300. The average Bonchev–Trinajstić information content (AvgIpc) is 3.26. The summed E-state index contributed by atoms with van der Waals surface area (Å²) in [5.41, 5.74) is 1.05. The van der Waals surface area contributed by atoms with Crippen LogP contribution in [-0.4, -0.2) is 36.2 Å². The van der Waals surface area contributed by atoms with Crippen LogP contribution in [0.15, 0.2) is 44.6 Å². The molecule has 0 radical (unpaired) electrons. The van der Waals surface area contributed by atoms with Gasteiger partial charge in [-0.3, -0.25) is 14.5 Å². The number of nitrogens with one attached hydrogen (secondary N) is 1. The lowest BCUT2D eigenvalue weighted by atomic mass is 10.1. The zero-order valence-electron chi connectivity index (χ0n) is 14.7. The molecule has 2 aromatic heterocycles. The van der Waals surface area contributed by atoms with Crippen molar-refractivity contribution in [2.75, 3.05) is 25.0 Å². The SMILES string of the molecule is O=C(CN1CCCCC1)Nc1c(C(=O)c2ccc(Br)s2)oc2ccccc12. The zero-order chi connectivity index (χ0) is 18.8. The largest absolute Gasteiger partial charge is 0.450 e. The van der Waals surface area contributed by atoms with Crippen LogP contribution in [0.2, 0.25) is 0 Å². The fourth-order valence-corrected chi connectivity index (χ4v) is 4.70. The molecule has 0 saturated carbocycles. The van der Waals surface area contributed by atoms with E-state index in [1.807, 2.05) is 24.3 Å². The predicted octanol–water partition coefficient (Wildman–Crippen LogP) is 4.91. The van der Waals surface area contributed by atoms with Gasteiger partial charge in [0.2, 0.25) is 11.7 Å². The molecule has 0 bridgehead atoms. The first-order valence-corrected chi connectivity index (χ1v) is 10.6. The van der Waals surface area contributed by atoms with Gasteiger partial charge in [0.15, 0.2) is 5.76 Å². The van der Waals surface area contributed by atoms with Crippen LogP contribution in [0, 0.1) is 0 Å². The van der Waals surface area contributed by atoms with E-state index in [0.717, 1.165) is 35.1 Å². The Hall–Kier alpha value is -1.96. The zero-order valence-corrected chi connectivity index (χ0v) is 17.1. The third-order valence-corrected chi connectivity index (χ3v) is 6.30. The number of carbonyl (C=O) groups is 2. The number of furan rings is 1. The van der Waals surface area contributed by atoms with Crippen molar-refractivity contribution in [1.82, 2.24) is 4.90 Å². The van der Waals surface area contributed by atoms with Crippen molar-refractivity contribution in [3.05, 3.63) is 50.8 Å². The summed E-state index contributed by atoms with van der Waals surface area (Å²) in [6.07, 6.45) is 3.47. The third-order valence-electron chi connectivity index (χ3n) is 4.68. The second-order valence-electron chi connectivity index (χ2n) is 6.62. The van der Waals surface area contributed by atoms with Crippen molar-refractivity contribution in [2.45, 2.75) is 19.3 Å². The third kappa shape index (κ3) is 4.00. The van der Waals surface area contributed by atoms with E-state index in [2.05, 4.69) is 26.1 Å². The number of anilines is 1. The van der Waals surface area contributed by atoms with Gasteiger partial charge in [-0.05, 0) is 66.1 Å². The predicted molar refractivity (Wildman–Crippen MR) is 111 cm³/mol. The van der Waals surface area contributed by atoms with Gasteiger partial charge < -0.3 is 9.73 Å². The first kappa shape index (κ1) is 18.4. The maximum absolute atomic E-state index is 13.0. The smallest absolute Gasteiger partial charge is 0.240 e. The number of hydrogen-bond donors (Lipinski definition) is 1. The maximum Gasteiger partial charge on any atom is 0.240 e. The van der Waals surface area contributed by atoms with Crippen molar-refractivity contribution in [2.24, 2.45) is 0 Å². The molecule has 0 unspecified atom stereocenters. The number of carbonyl (C=O) groups excluding carboxylic acids is 2. The normalized spacial score (nSPS) is 15.1. The maximum atomic E-state index is 13.0. The second-order valence-corrected chi connectivity index (χ2v) is 9.08. The summed E-state index contributed by atoms with van der Waals surface area (Å²) in [6.45, 7) is 2.21. The molecule has 7 heteroatoms. The molecule has 4 rings (SSSR count). The first-order valence-electron chi connectivity index (χ1n) is 8.95. The van der Waals surface area contributed by atoms with Crippen molar-refractivity contribution in [3.63, 3.8) is 0 Å². The lowest BCUT2D eigenvalue weighted by Gasteiger charge is -2.25. The number of fused-ring (bicyclic) bond motifs is 1. The molecule has 5 nitrogen and oxygen atoms in total. The summed E-state index contributed by atoms with van der Waals surface area (Å²) in [5.74, 6) is -0.169. The highest BCUT2D eigenvalue weighted by Gasteiger charge is 2.25. The monoisotopic (exact) mass is 446 g/mol. The van der Waals surface area contributed by atoms with Crippen LogP contribution >= 0.6 is 27.3 Å². The first-order chi connectivity index (χ1) is 13.1. The van der Waals surface area contributed by atoms with Crippen LogP contribution in [0.1, 0.15) is 34.7 Å². The van der Waals surface area contributed by atoms with Crippen molar-refractivity contribution in [1.29, 1.82) is 0 Å². The molecule has 1 saturated heterocycles. The molecule has 3 aromatic rings. The topological polar surface area (TPSA) is 62.6 Å². The number of para-hydroxylation sites is 1. The Morgan fingerprint density at radius 2 is 1.89 bits per heavy atom. The minimum Gasteiger partial charge on any atom is -0.450 e. The Balaban J connectivity index is 1.63. The van der Waals surface area contributed by atoms with Crippen LogP contribution in [0.25, 0.3) is 11.0 Å². The number of hydrogen-bond acceptors (Lipinski definition) is 5. The van der Waals surface area contributed by atoms with Crippen LogP contribution < -0.4 is 5.32 Å². The highest BCUT2D eigenvalue weighted by atomic mass is 79.9. The minimum absolute atomic E-state index is 0.120. The van der Waals surface area contributed by atoms with Crippen LogP contribution in [0.3, 0.4) is 0 Å². The molecule has 1 aliphatic rings. The lowest BCUT2D eigenvalue weighted by molar-refractivity contribution is -0.117. The summed E-state index contributed by atoms with van der Waals surface area (Å²) in [7, 11) is 0. The van der Waals surface area contributed by atoms with Gasteiger partial charge in [0.1, 0.15) is 5.58 Å². The van der Waals surface area contributed by atoms with E-state index < -0.39 is 0 Å². The molecule has 1 fully saturated rings. The number of amides is 1. The van der Waals surface area contributed by atoms with E-state index in [-0.39, 0.29) is 17.5 Å². The Kier molecular flexibility index (Phi) is 5.43. The quantitative estimate of drug-likeness (QED) is 0.565. The highest BCUT2D eigenvalue weighted by molar-refractivity contribution is 9.11. The molecule has 27 heavy (non-hydrogen) atoms. The van der Waals surface area contributed by atoms with Gasteiger partial charge in [-0.15, -0.1) is 11.3 Å². The van der Waals surface area contributed by atoms with E-state index in [9.17, 15) is 9.59 Å². The minimum atomic E-state index is -0.227. The van der Waals surface area contributed by atoms with Gasteiger partial charge >= 0.3 is 0 Å². The number of nitrogens with zero attached hydrogens (tertiary/aromatic N) is 1. The molecule has 140 valence electrons. The Morgan fingerprint density at radius 3 is 2.63 bits per heavy atom. The Labute approximate surface area is 169 Å². The molecular weight excluding hydrogens is 428 g/mol. The molecule has 0 aliphatic carbocycles. The number of halogens is 1. The highest BCUT2D eigenvalue weighted by Crippen LogP contribution is 2.34. The standard InChI is InChI=1S/C20H19BrN2O3S/c21-16-9-8-15(27-16)19(25)20-18(13-6-2-3-7-14(13)26-20)22-17(24)12-23-10-4-1-5-11-23/h2-3,6-9H,1,4-5,10-12H2,(H,22,24). The average molecular weight is 447 g/mol. The molecule has 0 spiro atoms. The molecule has 1 N–H and O–H groups in total. The molecular formula is C20H19BrN2O3S. The van der Waals surface area contributed by atoms with Crippen molar-refractivity contribution in [3.8, 4) is 0 Å². The summed E-state index contributed by atoms with van der Waals surface area (Å²) in [4.78, 5) is 28.3. The summed E-state index contributed by atoms with van der Waals surface area (Å²) in [5, 5.41) is 3.68. The Bertz CT molecular complexity index is 988. The summed E-state index contributed by atoms with van der Waals surface area (Å²) < 4.78 is 6.70. The van der Waals surface area contributed by atoms with E-state index in [1.165, 1.54) is 17.8 Å². The van der Waals surface area contributed by atoms with Gasteiger partial charge in [-0.25, -0.2) is 0 Å². The number of rotatable bonds is 5. The number of ketones is 1. The number of piperidine rings is 1.